The van der Waals surface area contributed by atoms with E-state index in [1.54, 1.807) is 0 Å². The summed E-state index contributed by atoms with van der Waals surface area (Å²) in [6.07, 6.45) is 0. The van der Waals surface area contributed by atoms with Gasteiger partial charge < -0.3 is 10.2 Å². The Balaban J connectivity index is 1.97. The Morgan fingerprint density at radius 3 is 1.77 bits per heavy atom. The third-order valence-electron chi connectivity index (χ3n) is 4.07. The second-order valence-electron chi connectivity index (χ2n) is 5.84. The van der Waals surface area contributed by atoms with Crippen molar-refractivity contribution in [1.29, 1.82) is 0 Å². The van der Waals surface area contributed by atoms with Crippen LogP contribution in [-0.4, -0.2) is 0 Å². The molecule has 2 nitrogen and oxygen atoms in total. The lowest BCUT2D eigenvalue weighted by Gasteiger charge is -2.34. The lowest BCUT2D eigenvalue weighted by molar-refractivity contribution is 1.24. The van der Waals surface area contributed by atoms with Gasteiger partial charge in [-0.1, -0.05) is 30.3 Å². The Morgan fingerprint density at radius 2 is 1.23 bits per heavy atom. The maximum absolute atomic E-state index is 3.58. The van der Waals surface area contributed by atoms with Crippen LogP contribution in [0.1, 0.15) is 11.1 Å². The zero-order valence-electron chi connectivity index (χ0n) is 12.8. The monoisotopic (exact) mass is 286 g/mol. The summed E-state index contributed by atoms with van der Waals surface area (Å²) in [5.74, 6) is 0. The molecule has 3 aromatic carbocycles. The van der Waals surface area contributed by atoms with Crippen LogP contribution in [0.4, 0.5) is 28.4 Å². The number of rotatable bonds is 1. The fourth-order valence-corrected chi connectivity index (χ4v) is 3.02. The summed E-state index contributed by atoms with van der Waals surface area (Å²) in [6.45, 7) is 4.25. The maximum atomic E-state index is 3.58. The summed E-state index contributed by atoms with van der Waals surface area (Å²) in [6, 6.07) is 23.6. The first-order valence-electron chi connectivity index (χ1n) is 7.56. The topological polar surface area (TPSA) is 15.3 Å². The predicted octanol–water partition coefficient (Wildman–Crippen LogP) is 5.83. The van der Waals surface area contributed by atoms with Crippen molar-refractivity contribution < 1.29 is 0 Å². The number of nitrogens with zero attached hydrogens (tertiary/aromatic N) is 1. The van der Waals surface area contributed by atoms with E-state index >= 15 is 0 Å². The first-order chi connectivity index (χ1) is 10.7. The molecule has 4 rings (SSSR count). The second-order valence-corrected chi connectivity index (χ2v) is 5.84. The van der Waals surface area contributed by atoms with E-state index in [1.807, 2.05) is 0 Å². The molecule has 0 saturated heterocycles. The number of fused-ring (bicyclic) bond motifs is 2. The highest BCUT2D eigenvalue weighted by Gasteiger charge is 2.23. The van der Waals surface area contributed by atoms with Crippen molar-refractivity contribution in [1.82, 2.24) is 0 Å². The summed E-state index contributed by atoms with van der Waals surface area (Å²) in [5.41, 5.74) is 8.38. The van der Waals surface area contributed by atoms with E-state index in [1.165, 1.54) is 28.2 Å². The second kappa shape index (κ2) is 4.92. The van der Waals surface area contributed by atoms with E-state index in [9.17, 15) is 0 Å². The molecule has 0 unspecified atom stereocenters. The number of hydrogen-bond acceptors (Lipinski definition) is 2. The van der Waals surface area contributed by atoms with Crippen molar-refractivity contribution in [3.63, 3.8) is 0 Å². The maximum Gasteiger partial charge on any atom is 0.0697 e. The molecule has 22 heavy (non-hydrogen) atoms. The van der Waals surface area contributed by atoms with Crippen LogP contribution in [0.2, 0.25) is 0 Å². The zero-order valence-corrected chi connectivity index (χ0v) is 12.8. The van der Waals surface area contributed by atoms with Gasteiger partial charge in [0.1, 0.15) is 0 Å². The van der Waals surface area contributed by atoms with Crippen molar-refractivity contribution in [2.45, 2.75) is 13.8 Å². The molecule has 1 N–H and O–H groups in total. The average molecular weight is 286 g/mol. The highest BCUT2D eigenvalue weighted by molar-refractivity contribution is 5.96. The third kappa shape index (κ3) is 2.04. The van der Waals surface area contributed by atoms with Crippen molar-refractivity contribution in [3.8, 4) is 0 Å². The number of hydrogen-bond donors (Lipinski definition) is 1. The van der Waals surface area contributed by atoms with Gasteiger partial charge in [0, 0.05) is 5.69 Å². The molecular formula is C20H18N2. The lowest BCUT2D eigenvalue weighted by atomic mass is 10.0. The first-order valence-corrected chi connectivity index (χ1v) is 7.56. The smallest absolute Gasteiger partial charge is 0.0697 e. The number of para-hydroxylation sites is 1. The van der Waals surface area contributed by atoms with E-state index in [0.717, 1.165) is 11.4 Å². The first kappa shape index (κ1) is 13.0. The molecule has 3 aromatic rings. The van der Waals surface area contributed by atoms with Crippen LogP contribution in [0, 0.1) is 13.8 Å². The van der Waals surface area contributed by atoms with Crippen molar-refractivity contribution in [3.05, 3.63) is 77.9 Å². The fraction of sp³-hybridized carbons (Fsp3) is 0.100. The van der Waals surface area contributed by atoms with E-state index in [-0.39, 0.29) is 0 Å². The van der Waals surface area contributed by atoms with Crippen LogP contribution < -0.4 is 10.2 Å². The zero-order chi connectivity index (χ0) is 15.1. The van der Waals surface area contributed by atoms with Crippen molar-refractivity contribution in [2.24, 2.45) is 0 Å². The summed E-state index contributed by atoms with van der Waals surface area (Å²) in [7, 11) is 0. The van der Waals surface area contributed by atoms with E-state index in [2.05, 4.69) is 90.8 Å². The number of anilines is 5. The Hall–Kier alpha value is -2.74. The van der Waals surface area contributed by atoms with E-state index in [4.69, 9.17) is 0 Å². The van der Waals surface area contributed by atoms with Crippen LogP contribution in [0.3, 0.4) is 0 Å². The van der Waals surface area contributed by atoms with Gasteiger partial charge in [0.05, 0.1) is 22.7 Å². The Labute approximate surface area is 131 Å². The molecule has 0 amide bonds. The fourth-order valence-electron chi connectivity index (χ4n) is 3.02. The highest BCUT2D eigenvalue weighted by Crippen LogP contribution is 2.48. The van der Waals surface area contributed by atoms with Gasteiger partial charge >= 0.3 is 0 Å². The summed E-state index contributed by atoms with van der Waals surface area (Å²) in [5, 5.41) is 3.58. The Morgan fingerprint density at radius 1 is 0.682 bits per heavy atom. The van der Waals surface area contributed by atoms with Gasteiger partial charge in [0.2, 0.25) is 0 Å². The average Bonchev–Trinajstić information content (AvgIpc) is 2.53. The third-order valence-corrected chi connectivity index (χ3v) is 4.07. The summed E-state index contributed by atoms with van der Waals surface area (Å²) in [4.78, 5) is 2.32. The van der Waals surface area contributed by atoms with Gasteiger partial charge in [-0.2, -0.15) is 0 Å². The quantitative estimate of drug-likeness (QED) is 0.473. The molecule has 1 aliphatic heterocycles. The van der Waals surface area contributed by atoms with Crippen LogP contribution in [0.5, 0.6) is 0 Å². The van der Waals surface area contributed by atoms with Gasteiger partial charge in [-0.05, 0) is 61.4 Å². The summed E-state index contributed by atoms with van der Waals surface area (Å²) >= 11 is 0. The van der Waals surface area contributed by atoms with Crippen LogP contribution in [0.25, 0.3) is 0 Å². The van der Waals surface area contributed by atoms with Gasteiger partial charge in [0.15, 0.2) is 0 Å². The Bertz CT molecular complexity index is 786. The van der Waals surface area contributed by atoms with Gasteiger partial charge in [-0.25, -0.2) is 0 Å². The van der Waals surface area contributed by atoms with E-state index < -0.39 is 0 Å². The van der Waals surface area contributed by atoms with E-state index in [0.29, 0.717) is 0 Å². The number of aryl methyl sites for hydroxylation is 2. The molecule has 1 heterocycles. The van der Waals surface area contributed by atoms with Gasteiger partial charge in [-0.3, -0.25) is 0 Å². The molecule has 0 spiro atoms. The molecule has 108 valence electrons. The lowest BCUT2D eigenvalue weighted by Crippen LogP contribution is -2.17. The molecule has 0 bridgehead atoms. The molecule has 0 atom stereocenters. The Kier molecular flexibility index (Phi) is 2.90. The standard InChI is InChI=1S/C20H18N2/c1-14-8-10-19-17(12-14)21-18-13-15(2)9-11-20(18)22(19)16-6-4-3-5-7-16/h3-13,21H,1-2H3. The molecule has 0 aliphatic carbocycles. The molecule has 2 heteroatoms. The molecular weight excluding hydrogens is 268 g/mol. The summed E-state index contributed by atoms with van der Waals surface area (Å²) < 4.78 is 0. The number of benzene rings is 3. The van der Waals surface area contributed by atoms with Crippen molar-refractivity contribution >= 4 is 28.4 Å². The molecule has 0 aromatic heterocycles. The van der Waals surface area contributed by atoms with Crippen LogP contribution in [0.15, 0.2) is 66.7 Å². The SMILES string of the molecule is Cc1ccc2c(c1)Nc1cc(C)ccc1N2c1ccccc1. The minimum atomic E-state index is 1.15. The molecule has 0 saturated carbocycles. The molecule has 0 fully saturated rings. The van der Waals surface area contributed by atoms with Crippen LogP contribution >= 0.6 is 0 Å². The normalized spacial score (nSPS) is 12.4. The minimum Gasteiger partial charge on any atom is -0.352 e. The number of nitrogens with one attached hydrogen (secondary N) is 1. The van der Waals surface area contributed by atoms with Crippen LogP contribution in [-0.2, 0) is 0 Å². The predicted molar refractivity (Wildman–Crippen MR) is 93.9 cm³/mol. The van der Waals surface area contributed by atoms with Gasteiger partial charge in [0.25, 0.3) is 0 Å². The largest absolute Gasteiger partial charge is 0.352 e. The van der Waals surface area contributed by atoms with Gasteiger partial charge in [-0.15, -0.1) is 0 Å². The minimum absolute atomic E-state index is 1.15. The molecule has 0 radical (unpaired) electrons. The molecule has 1 aliphatic rings. The highest BCUT2D eigenvalue weighted by atomic mass is 15.2. The van der Waals surface area contributed by atoms with Crippen molar-refractivity contribution in [2.75, 3.05) is 10.2 Å².